The Morgan fingerprint density at radius 3 is 2.52 bits per heavy atom. The Hall–Kier alpha value is -2.11. The molecule has 1 saturated heterocycles. The smallest absolute Gasteiger partial charge is 0.269 e. The molecule has 2 heterocycles. The zero-order valence-corrected chi connectivity index (χ0v) is 15.0. The Kier molecular flexibility index (Phi) is 6.25. The Bertz CT molecular complexity index is 670. The zero-order valence-electron chi connectivity index (χ0n) is 14.2. The second-order valence-corrected chi connectivity index (χ2v) is 6.57. The molecule has 1 aromatic carbocycles. The van der Waals surface area contributed by atoms with E-state index in [-0.39, 0.29) is 5.91 Å². The molecule has 25 heavy (non-hydrogen) atoms. The van der Waals surface area contributed by atoms with E-state index in [4.69, 9.17) is 11.6 Å². The van der Waals surface area contributed by atoms with E-state index in [0.717, 1.165) is 44.2 Å². The molecule has 5 nitrogen and oxygen atoms in total. The van der Waals surface area contributed by atoms with Crippen molar-refractivity contribution < 1.29 is 4.79 Å². The highest BCUT2D eigenvalue weighted by Gasteiger charge is 2.16. The maximum absolute atomic E-state index is 11.9. The van der Waals surface area contributed by atoms with Crippen molar-refractivity contribution in [3.63, 3.8) is 0 Å². The average molecular weight is 359 g/mol. The quantitative estimate of drug-likeness (QED) is 0.806. The van der Waals surface area contributed by atoms with Crippen LogP contribution in [0.1, 0.15) is 16.9 Å². The van der Waals surface area contributed by atoms with Crippen LogP contribution in [0.15, 0.2) is 48.7 Å². The lowest BCUT2D eigenvalue weighted by Crippen LogP contribution is -2.47. The second-order valence-electron chi connectivity index (χ2n) is 6.13. The third kappa shape index (κ3) is 5.18. The number of benzene rings is 1. The van der Waals surface area contributed by atoms with Gasteiger partial charge in [0.25, 0.3) is 5.91 Å². The zero-order chi connectivity index (χ0) is 17.5. The molecule has 0 unspecified atom stereocenters. The van der Waals surface area contributed by atoms with Crippen molar-refractivity contribution in [1.29, 1.82) is 0 Å². The number of carbonyl (C=O) groups is 1. The van der Waals surface area contributed by atoms with Crippen LogP contribution >= 0.6 is 11.6 Å². The summed E-state index contributed by atoms with van der Waals surface area (Å²) in [4.78, 5) is 20.8. The molecule has 0 spiro atoms. The van der Waals surface area contributed by atoms with Crippen LogP contribution in [0, 0.1) is 0 Å². The number of piperazine rings is 1. The predicted octanol–water partition coefficient (Wildman–Crippen LogP) is 2.68. The number of nitrogens with zero attached hydrogens (tertiary/aromatic N) is 3. The van der Waals surface area contributed by atoms with Crippen molar-refractivity contribution in [2.45, 2.75) is 6.42 Å². The monoisotopic (exact) mass is 358 g/mol. The summed E-state index contributed by atoms with van der Waals surface area (Å²) >= 11 is 5.95. The van der Waals surface area contributed by atoms with Gasteiger partial charge in [-0.1, -0.05) is 17.7 Å². The van der Waals surface area contributed by atoms with Gasteiger partial charge >= 0.3 is 0 Å². The highest BCUT2D eigenvalue weighted by molar-refractivity contribution is 6.30. The average Bonchev–Trinajstić information content (AvgIpc) is 2.67. The van der Waals surface area contributed by atoms with Crippen LogP contribution in [-0.4, -0.2) is 55.1 Å². The summed E-state index contributed by atoms with van der Waals surface area (Å²) in [6.07, 6.45) is 2.58. The molecule has 0 bridgehead atoms. The summed E-state index contributed by atoms with van der Waals surface area (Å²) < 4.78 is 0. The van der Waals surface area contributed by atoms with E-state index < -0.39 is 0 Å². The molecule has 2 aromatic rings. The molecule has 3 rings (SSSR count). The molecule has 0 atom stereocenters. The lowest BCUT2D eigenvalue weighted by molar-refractivity contribution is 0.0946. The van der Waals surface area contributed by atoms with Gasteiger partial charge in [0.2, 0.25) is 0 Å². The Morgan fingerprint density at radius 2 is 1.84 bits per heavy atom. The van der Waals surface area contributed by atoms with Crippen molar-refractivity contribution in [3.05, 3.63) is 59.4 Å². The third-order valence-electron chi connectivity index (χ3n) is 4.40. The molecular weight excluding hydrogens is 336 g/mol. The van der Waals surface area contributed by atoms with Gasteiger partial charge in [-0.15, -0.1) is 0 Å². The molecule has 0 aliphatic carbocycles. The first kappa shape index (κ1) is 17.7. The Balaban J connectivity index is 1.34. The number of aromatic nitrogens is 1. The van der Waals surface area contributed by atoms with Gasteiger partial charge in [-0.2, -0.15) is 0 Å². The van der Waals surface area contributed by atoms with E-state index in [1.807, 2.05) is 18.2 Å². The largest absolute Gasteiger partial charge is 0.369 e. The van der Waals surface area contributed by atoms with Crippen LogP contribution in [0.25, 0.3) is 0 Å². The van der Waals surface area contributed by atoms with Crippen LogP contribution < -0.4 is 10.2 Å². The van der Waals surface area contributed by atoms with Gasteiger partial charge in [-0.05, 0) is 49.4 Å². The lowest BCUT2D eigenvalue weighted by Gasteiger charge is -2.36. The third-order valence-corrected chi connectivity index (χ3v) is 4.65. The molecule has 6 heteroatoms. The van der Waals surface area contributed by atoms with Crippen molar-refractivity contribution >= 4 is 23.2 Å². The summed E-state index contributed by atoms with van der Waals surface area (Å²) in [6, 6.07) is 13.4. The first-order chi connectivity index (χ1) is 12.2. The van der Waals surface area contributed by atoms with Crippen LogP contribution in [0.5, 0.6) is 0 Å². The minimum Gasteiger partial charge on any atom is -0.369 e. The maximum Gasteiger partial charge on any atom is 0.269 e. The minimum absolute atomic E-state index is 0.104. The minimum atomic E-state index is -0.104. The fourth-order valence-electron chi connectivity index (χ4n) is 2.97. The normalized spacial score (nSPS) is 15.2. The molecule has 0 radical (unpaired) electrons. The van der Waals surface area contributed by atoms with E-state index in [1.165, 1.54) is 5.69 Å². The van der Waals surface area contributed by atoms with E-state index in [1.54, 1.807) is 18.3 Å². The maximum atomic E-state index is 11.9. The van der Waals surface area contributed by atoms with E-state index >= 15 is 0 Å². The fourth-order valence-corrected chi connectivity index (χ4v) is 3.10. The Morgan fingerprint density at radius 1 is 1.08 bits per heavy atom. The second kappa shape index (κ2) is 8.83. The molecular formula is C19H23ClN4O. The molecule has 132 valence electrons. The molecule has 1 aliphatic rings. The number of rotatable bonds is 6. The number of carbonyl (C=O) groups excluding carboxylic acids is 1. The van der Waals surface area contributed by atoms with Gasteiger partial charge in [-0.25, -0.2) is 0 Å². The number of amides is 1. The SMILES string of the molecule is O=C(NCCCN1CCN(c2ccc(Cl)cc2)CC1)c1ccccn1. The van der Waals surface area contributed by atoms with E-state index in [0.29, 0.717) is 12.2 Å². The molecule has 1 N–H and O–H groups in total. The van der Waals surface area contributed by atoms with Gasteiger partial charge in [0.1, 0.15) is 5.69 Å². The van der Waals surface area contributed by atoms with Crippen molar-refractivity contribution in [2.24, 2.45) is 0 Å². The standard InChI is InChI=1S/C19H23ClN4O/c20-16-5-7-17(8-6-16)24-14-12-23(13-15-24)11-3-10-22-19(25)18-4-1-2-9-21-18/h1-2,4-9H,3,10-15H2,(H,22,25). The summed E-state index contributed by atoms with van der Waals surface area (Å²) in [6.45, 7) is 5.78. The van der Waals surface area contributed by atoms with Crippen molar-refractivity contribution in [2.75, 3.05) is 44.2 Å². The first-order valence-electron chi connectivity index (χ1n) is 8.64. The Labute approximate surface area is 153 Å². The molecule has 1 aromatic heterocycles. The van der Waals surface area contributed by atoms with Crippen LogP contribution in [0.4, 0.5) is 5.69 Å². The number of hydrogen-bond acceptors (Lipinski definition) is 4. The van der Waals surface area contributed by atoms with Gasteiger partial charge in [0, 0.05) is 49.6 Å². The number of halogens is 1. The van der Waals surface area contributed by atoms with Crippen LogP contribution in [0.2, 0.25) is 5.02 Å². The van der Waals surface area contributed by atoms with E-state index in [2.05, 4.69) is 32.2 Å². The highest BCUT2D eigenvalue weighted by atomic mass is 35.5. The summed E-state index contributed by atoms with van der Waals surface area (Å²) in [5.41, 5.74) is 1.70. The first-order valence-corrected chi connectivity index (χ1v) is 9.02. The van der Waals surface area contributed by atoms with Gasteiger partial charge in [-0.3, -0.25) is 14.7 Å². The molecule has 1 aliphatic heterocycles. The highest BCUT2D eigenvalue weighted by Crippen LogP contribution is 2.19. The van der Waals surface area contributed by atoms with Crippen LogP contribution in [0.3, 0.4) is 0 Å². The number of anilines is 1. The predicted molar refractivity (Wildman–Crippen MR) is 101 cm³/mol. The van der Waals surface area contributed by atoms with Gasteiger partial charge < -0.3 is 10.2 Å². The molecule has 1 fully saturated rings. The van der Waals surface area contributed by atoms with Gasteiger partial charge in [0.15, 0.2) is 0 Å². The van der Waals surface area contributed by atoms with Crippen molar-refractivity contribution in [1.82, 2.24) is 15.2 Å². The molecule has 0 saturated carbocycles. The van der Waals surface area contributed by atoms with Crippen LogP contribution in [-0.2, 0) is 0 Å². The topological polar surface area (TPSA) is 48.5 Å². The number of pyridine rings is 1. The lowest BCUT2D eigenvalue weighted by atomic mass is 10.2. The van der Waals surface area contributed by atoms with Crippen molar-refractivity contribution in [3.8, 4) is 0 Å². The summed E-state index contributed by atoms with van der Waals surface area (Å²) in [5.74, 6) is -0.104. The molecule has 1 amide bonds. The van der Waals surface area contributed by atoms with E-state index in [9.17, 15) is 4.79 Å². The summed E-state index contributed by atoms with van der Waals surface area (Å²) in [7, 11) is 0. The number of hydrogen-bond donors (Lipinski definition) is 1. The number of nitrogens with one attached hydrogen (secondary N) is 1. The fraction of sp³-hybridized carbons (Fsp3) is 0.368. The summed E-state index contributed by atoms with van der Waals surface area (Å²) in [5, 5.41) is 3.70. The van der Waals surface area contributed by atoms with Gasteiger partial charge in [0.05, 0.1) is 0 Å².